The number of guanidine groups is 1. The van der Waals surface area contributed by atoms with Crippen molar-refractivity contribution in [2.45, 2.75) is 32.6 Å². The number of hydrogen-bond acceptors (Lipinski definition) is 2. The van der Waals surface area contributed by atoms with Gasteiger partial charge in [0.2, 0.25) is 0 Å². The molecule has 26 heavy (non-hydrogen) atoms. The van der Waals surface area contributed by atoms with Crippen LogP contribution in [0.2, 0.25) is 0 Å². The molecular formula is C18H24F3N5. The number of rotatable bonds is 7. The van der Waals surface area contributed by atoms with Gasteiger partial charge in [-0.25, -0.2) is 0 Å². The number of nitrogens with one attached hydrogen (secondary N) is 1. The van der Waals surface area contributed by atoms with Gasteiger partial charge in [-0.3, -0.25) is 9.67 Å². The molecule has 0 amide bonds. The molecule has 0 aliphatic carbocycles. The number of aromatic nitrogens is 2. The van der Waals surface area contributed by atoms with Crippen LogP contribution >= 0.6 is 0 Å². The third-order valence-electron chi connectivity index (χ3n) is 3.76. The topological polar surface area (TPSA) is 45.5 Å². The molecule has 142 valence electrons. The van der Waals surface area contributed by atoms with Crippen LogP contribution in [0.15, 0.2) is 47.7 Å². The molecule has 0 fully saturated rings. The third-order valence-corrected chi connectivity index (χ3v) is 3.76. The van der Waals surface area contributed by atoms with Gasteiger partial charge in [0.25, 0.3) is 0 Å². The summed E-state index contributed by atoms with van der Waals surface area (Å²) in [5.41, 5.74) is 0.158. The Bertz CT molecular complexity index is 678. The minimum absolute atomic E-state index is 0.475. The second-order valence-corrected chi connectivity index (χ2v) is 5.91. The van der Waals surface area contributed by atoms with Gasteiger partial charge in [0, 0.05) is 45.6 Å². The van der Waals surface area contributed by atoms with Gasteiger partial charge < -0.3 is 10.2 Å². The third kappa shape index (κ3) is 6.09. The Hall–Kier alpha value is -2.51. The van der Waals surface area contributed by atoms with Gasteiger partial charge in [0.05, 0.1) is 5.56 Å². The zero-order valence-electron chi connectivity index (χ0n) is 15.0. The highest BCUT2D eigenvalue weighted by Crippen LogP contribution is 2.29. The van der Waals surface area contributed by atoms with Crippen molar-refractivity contribution in [1.82, 2.24) is 20.0 Å². The van der Waals surface area contributed by atoms with E-state index in [4.69, 9.17) is 0 Å². The van der Waals surface area contributed by atoms with Crippen LogP contribution in [0.3, 0.4) is 0 Å². The van der Waals surface area contributed by atoms with Crippen LogP contribution < -0.4 is 5.32 Å². The quantitative estimate of drug-likeness (QED) is 0.464. The first-order chi connectivity index (χ1) is 12.4. The fourth-order valence-corrected chi connectivity index (χ4v) is 2.47. The number of alkyl halides is 3. The van der Waals surface area contributed by atoms with Crippen molar-refractivity contribution < 1.29 is 13.2 Å². The molecule has 1 aromatic heterocycles. The molecule has 0 spiro atoms. The summed E-state index contributed by atoms with van der Waals surface area (Å²) in [6.45, 7) is 4.60. The Morgan fingerprint density at radius 2 is 2.00 bits per heavy atom. The van der Waals surface area contributed by atoms with Gasteiger partial charge in [-0.15, -0.1) is 0 Å². The first-order valence-corrected chi connectivity index (χ1v) is 8.53. The van der Waals surface area contributed by atoms with Crippen molar-refractivity contribution in [3.63, 3.8) is 0 Å². The summed E-state index contributed by atoms with van der Waals surface area (Å²) in [5, 5.41) is 7.35. The van der Waals surface area contributed by atoms with Crippen molar-refractivity contribution in [2.24, 2.45) is 4.99 Å². The summed E-state index contributed by atoms with van der Waals surface area (Å²) in [5.74, 6) is 0.730. The molecule has 1 aromatic carbocycles. The Morgan fingerprint density at radius 1 is 1.27 bits per heavy atom. The summed E-state index contributed by atoms with van der Waals surface area (Å²) in [6, 6.07) is 7.10. The van der Waals surface area contributed by atoms with Crippen LogP contribution in [-0.4, -0.2) is 40.8 Å². The van der Waals surface area contributed by atoms with E-state index in [-0.39, 0.29) is 0 Å². The molecule has 1 heterocycles. The maximum atomic E-state index is 12.6. The molecule has 0 saturated carbocycles. The average Bonchev–Trinajstić information content (AvgIpc) is 3.10. The fourth-order valence-electron chi connectivity index (χ4n) is 2.47. The van der Waals surface area contributed by atoms with Crippen LogP contribution in [0.5, 0.6) is 0 Å². The predicted octanol–water partition coefficient (Wildman–Crippen LogP) is 3.39. The normalized spacial score (nSPS) is 12.3. The van der Waals surface area contributed by atoms with E-state index in [0.29, 0.717) is 13.1 Å². The van der Waals surface area contributed by atoms with E-state index < -0.39 is 11.7 Å². The highest BCUT2D eigenvalue weighted by molar-refractivity contribution is 5.79. The second kappa shape index (κ2) is 9.26. The number of nitrogens with zero attached hydrogens (tertiary/aromatic N) is 4. The minimum Gasteiger partial charge on any atom is -0.357 e. The Balaban J connectivity index is 1.91. The zero-order chi connectivity index (χ0) is 19.0. The summed E-state index contributed by atoms with van der Waals surface area (Å²) in [6.07, 6.45) is 0.191. The summed E-state index contributed by atoms with van der Waals surface area (Å²) in [7, 11) is 1.87. The fraction of sp³-hybridized carbons (Fsp3) is 0.444. The molecule has 2 aromatic rings. The van der Waals surface area contributed by atoms with Crippen molar-refractivity contribution in [2.75, 3.05) is 20.1 Å². The van der Waals surface area contributed by atoms with Crippen LogP contribution in [-0.2, 0) is 19.3 Å². The standard InChI is InChI=1S/C18H24F3N5/c1-3-22-17(23-10-4-12-26-13-5-11-24-26)25(2)14-15-6-8-16(9-7-15)18(19,20)21/h5-9,11,13H,3-4,10,12,14H2,1-2H3,(H,22,23). The Kier molecular flexibility index (Phi) is 7.06. The molecule has 0 radical (unpaired) electrons. The van der Waals surface area contributed by atoms with Crippen LogP contribution in [0.1, 0.15) is 24.5 Å². The average molecular weight is 367 g/mol. The Morgan fingerprint density at radius 3 is 2.58 bits per heavy atom. The largest absolute Gasteiger partial charge is 0.416 e. The minimum atomic E-state index is -4.31. The van der Waals surface area contributed by atoms with E-state index >= 15 is 0 Å². The Labute approximate surface area is 151 Å². The second-order valence-electron chi connectivity index (χ2n) is 5.91. The lowest BCUT2D eigenvalue weighted by Gasteiger charge is -2.22. The first kappa shape index (κ1) is 19.8. The summed E-state index contributed by atoms with van der Waals surface area (Å²) in [4.78, 5) is 6.48. The molecule has 0 aliphatic heterocycles. The lowest BCUT2D eigenvalue weighted by Crippen LogP contribution is -2.38. The summed E-state index contributed by atoms with van der Waals surface area (Å²) >= 11 is 0. The zero-order valence-corrected chi connectivity index (χ0v) is 15.0. The van der Waals surface area contributed by atoms with E-state index in [9.17, 15) is 13.2 Å². The number of aliphatic imine (C=N–C) groups is 1. The molecule has 0 atom stereocenters. The molecular weight excluding hydrogens is 343 g/mol. The maximum absolute atomic E-state index is 12.6. The lowest BCUT2D eigenvalue weighted by molar-refractivity contribution is -0.137. The van der Waals surface area contributed by atoms with Crippen LogP contribution in [0, 0.1) is 0 Å². The SMILES string of the molecule is CCNC(=NCCCn1cccn1)N(C)Cc1ccc(C(F)(F)F)cc1. The number of halogens is 3. The molecule has 1 N–H and O–H groups in total. The lowest BCUT2D eigenvalue weighted by atomic mass is 10.1. The number of benzene rings is 1. The molecule has 0 aliphatic rings. The number of aryl methyl sites for hydroxylation is 1. The van der Waals surface area contributed by atoms with E-state index in [1.807, 2.05) is 35.8 Å². The van der Waals surface area contributed by atoms with E-state index in [0.717, 1.165) is 43.2 Å². The maximum Gasteiger partial charge on any atom is 0.416 e. The smallest absolute Gasteiger partial charge is 0.357 e. The predicted molar refractivity (Wildman–Crippen MR) is 95.7 cm³/mol. The van der Waals surface area contributed by atoms with Gasteiger partial charge in [-0.05, 0) is 37.1 Å². The molecule has 8 heteroatoms. The molecule has 5 nitrogen and oxygen atoms in total. The van der Waals surface area contributed by atoms with Gasteiger partial charge in [-0.1, -0.05) is 12.1 Å². The van der Waals surface area contributed by atoms with Crippen molar-refractivity contribution in [3.8, 4) is 0 Å². The van der Waals surface area contributed by atoms with Gasteiger partial charge >= 0.3 is 6.18 Å². The van der Waals surface area contributed by atoms with Crippen molar-refractivity contribution in [1.29, 1.82) is 0 Å². The highest BCUT2D eigenvalue weighted by atomic mass is 19.4. The van der Waals surface area contributed by atoms with Gasteiger partial charge in [-0.2, -0.15) is 18.3 Å². The highest BCUT2D eigenvalue weighted by Gasteiger charge is 2.29. The van der Waals surface area contributed by atoms with E-state index in [2.05, 4.69) is 15.4 Å². The molecule has 0 saturated heterocycles. The van der Waals surface area contributed by atoms with Gasteiger partial charge in [0.15, 0.2) is 5.96 Å². The monoisotopic (exact) mass is 367 g/mol. The van der Waals surface area contributed by atoms with Crippen molar-refractivity contribution >= 4 is 5.96 Å². The molecule has 2 rings (SSSR count). The van der Waals surface area contributed by atoms with Crippen LogP contribution in [0.25, 0.3) is 0 Å². The van der Waals surface area contributed by atoms with E-state index in [1.165, 1.54) is 12.1 Å². The van der Waals surface area contributed by atoms with Gasteiger partial charge in [0.1, 0.15) is 0 Å². The number of hydrogen-bond donors (Lipinski definition) is 1. The van der Waals surface area contributed by atoms with E-state index in [1.54, 1.807) is 6.20 Å². The van der Waals surface area contributed by atoms with Crippen LogP contribution in [0.4, 0.5) is 13.2 Å². The first-order valence-electron chi connectivity index (χ1n) is 8.53. The van der Waals surface area contributed by atoms with Crippen molar-refractivity contribution in [3.05, 3.63) is 53.9 Å². The molecule has 0 bridgehead atoms. The molecule has 0 unspecified atom stereocenters. The summed E-state index contributed by atoms with van der Waals surface area (Å²) < 4.78 is 39.8.